The minimum absolute atomic E-state index is 0.0786. The molecular weight excluding hydrogens is 209 g/mol. The molecule has 0 aliphatic heterocycles. The topological polar surface area (TPSA) is 9.23 Å². The van der Waals surface area contributed by atoms with Gasteiger partial charge in [0, 0.05) is 27.7 Å². The van der Waals surface area contributed by atoms with Crippen molar-refractivity contribution >= 4 is 8.07 Å². The third-order valence-corrected chi connectivity index (χ3v) is 3.45. The molecule has 0 saturated heterocycles. The van der Waals surface area contributed by atoms with E-state index in [2.05, 4.69) is 19.6 Å². The molecule has 5 heteroatoms. The van der Waals surface area contributed by atoms with Crippen LogP contribution < -0.4 is 0 Å². The van der Waals surface area contributed by atoms with Gasteiger partial charge in [-0.3, -0.25) is 0 Å². The van der Waals surface area contributed by atoms with Gasteiger partial charge in [-0.05, 0) is 12.5 Å². The van der Waals surface area contributed by atoms with Gasteiger partial charge in [0.15, 0.2) is 0 Å². The summed E-state index contributed by atoms with van der Waals surface area (Å²) in [6.45, 7) is 7.47. The normalized spacial score (nSPS) is 13.3. The number of alkyl halides is 3. The van der Waals surface area contributed by atoms with Crippen molar-refractivity contribution in [3.63, 3.8) is 0 Å². The third kappa shape index (κ3) is 12.0. The highest BCUT2D eigenvalue weighted by atomic mass is 28.3. The van der Waals surface area contributed by atoms with Crippen LogP contribution in [-0.4, -0.2) is 27.5 Å². The first-order valence-electron chi connectivity index (χ1n) is 4.85. The molecule has 0 spiro atoms. The second kappa shape index (κ2) is 5.75. The highest BCUT2D eigenvalue weighted by molar-refractivity contribution is 6.76. The van der Waals surface area contributed by atoms with E-state index in [1.807, 2.05) is 0 Å². The predicted octanol–water partition coefficient (Wildman–Crippen LogP) is 3.68. The molecule has 0 radical (unpaired) electrons. The lowest BCUT2D eigenvalue weighted by molar-refractivity contribution is -0.137. The monoisotopic (exact) mass is 228 g/mol. The molecule has 0 unspecified atom stereocenters. The molecule has 0 heterocycles. The summed E-state index contributed by atoms with van der Waals surface area (Å²) in [7, 11) is -1.10. The second-order valence-corrected chi connectivity index (χ2v) is 10.3. The molecule has 0 amide bonds. The smallest absolute Gasteiger partial charge is 0.382 e. The van der Waals surface area contributed by atoms with E-state index in [4.69, 9.17) is 4.74 Å². The van der Waals surface area contributed by atoms with Crippen LogP contribution in [0.4, 0.5) is 13.2 Å². The van der Waals surface area contributed by atoms with Crippen molar-refractivity contribution in [1.82, 2.24) is 0 Å². The summed E-state index contributed by atoms with van der Waals surface area (Å²) in [5, 5.41) is 0. The third-order valence-electron chi connectivity index (χ3n) is 1.75. The van der Waals surface area contributed by atoms with Crippen molar-refractivity contribution < 1.29 is 17.9 Å². The maximum absolute atomic E-state index is 11.7. The van der Waals surface area contributed by atoms with E-state index in [1.54, 1.807) is 0 Å². The molecule has 0 fully saturated rings. The Morgan fingerprint density at radius 1 is 1.07 bits per heavy atom. The van der Waals surface area contributed by atoms with Crippen LogP contribution >= 0.6 is 0 Å². The van der Waals surface area contributed by atoms with E-state index >= 15 is 0 Å². The number of ether oxygens (including phenoxy) is 1. The van der Waals surface area contributed by atoms with Crippen LogP contribution in [0.5, 0.6) is 0 Å². The first-order valence-corrected chi connectivity index (χ1v) is 8.56. The van der Waals surface area contributed by atoms with E-state index in [0.29, 0.717) is 6.61 Å². The zero-order valence-electron chi connectivity index (χ0n) is 9.08. The van der Waals surface area contributed by atoms with Gasteiger partial charge >= 0.3 is 6.18 Å². The molecule has 86 valence electrons. The molecule has 0 saturated carbocycles. The Hall–Kier alpha value is -0.0331. The van der Waals surface area contributed by atoms with Gasteiger partial charge in [-0.15, -0.1) is 0 Å². The summed E-state index contributed by atoms with van der Waals surface area (Å²) < 4.78 is 40.3. The van der Waals surface area contributed by atoms with Crippen LogP contribution in [0.2, 0.25) is 25.7 Å². The Morgan fingerprint density at radius 3 is 2.07 bits per heavy atom. The number of halogens is 3. The number of hydrogen-bond donors (Lipinski definition) is 0. The standard InChI is InChI=1S/C9H19F3OSi/c1-14(2,3)8-7-13-6-4-5-9(10,11)12/h4-8H2,1-3H3. The van der Waals surface area contributed by atoms with Gasteiger partial charge in [-0.2, -0.15) is 13.2 Å². The lowest BCUT2D eigenvalue weighted by Gasteiger charge is -2.15. The highest BCUT2D eigenvalue weighted by Crippen LogP contribution is 2.21. The van der Waals surface area contributed by atoms with Crippen LogP contribution in [0.3, 0.4) is 0 Å². The summed E-state index contributed by atoms with van der Waals surface area (Å²) in [6, 6.07) is 1.01. The van der Waals surface area contributed by atoms with Crippen molar-refractivity contribution in [2.45, 2.75) is 44.7 Å². The number of hydrogen-bond acceptors (Lipinski definition) is 1. The van der Waals surface area contributed by atoms with E-state index in [-0.39, 0.29) is 13.0 Å². The fourth-order valence-corrected chi connectivity index (χ4v) is 1.61. The van der Waals surface area contributed by atoms with Crippen LogP contribution in [-0.2, 0) is 4.74 Å². The SMILES string of the molecule is C[Si](C)(C)CCOCCCC(F)(F)F. The molecule has 0 aromatic carbocycles. The van der Waals surface area contributed by atoms with Crippen molar-refractivity contribution in [1.29, 1.82) is 0 Å². The lowest BCUT2D eigenvalue weighted by atomic mass is 10.3. The second-order valence-electron chi connectivity index (χ2n) is 4.64. The van der Waals surface area contributed by atoms with Gasteiger partial charge in [0.2, 0.25) is 0 Å². The molecule has 0 N–H and O–H groups in total. The Bertz CT molecular complexity index is 133. The summed E-state index contributed by atoms with van der Waals surface area (Å²) in [5.41, 5.74) is 0. The Morgan fingerprint density at radius 2 is 1.64 bits per heavy atom. The molecule has 0 aliphatic carbocycles. The molecule has 0 rings (SSSR count). The number of rotatable bonds is 6. The van der Waals surface area contributed by atoms with Crippen LogP contribution in [0.1, 0.15) is 12.8 Å². The van der Waals surface area contributed by atoms with Crippen molar-refractivity contribution in [2.24, 2.45) is 0 Å². The predicted molar refractivity (Wildman–Crippen MR) is 54.3 cm³/mol. The van der Waals surface area contributed by atoms with Gasteiger partial charge in [0.1, 0.15) is 0 Å². The summed E-state index contributed by atoms with van der Waals surface area (Å²) >= 11 is 0. The van der Waals surface area contributed by atoms with E-state index in [9.17, 15) is 13.2 Å². The molecule has 0 atom stereocenters. The van der Waals surface area contributed by atoms with E-state index < -0.39 is 20.7 Å². The summed E-state index contributed by atoms with van der Waals surface area (Å²) in [4.78, 5) is 0. The van der Waals surface area contributed by atoms with Gasteiger partial charge in [-0.1, -0.05) is 19.6 Å². The first-order chi connectivity index (χ1) is 6.21. The largest absolute Gasteiger partial charge is 0.389 e. The maximum Gasteiger partial charge on any atom is 0.389 e. The molecule has 1 nitrogen and oxygen atoms in total. The molecule has 0 aromatic rings. The molecule has 0 bridgehead atoms. The van der Waals surface area contributed by atoms with E-state index in [0.717, 1.165) is 6.04 Å². The van der Waals surface area contributed by atoms with Gasteiger partial charge in [-0.25, -0.2) is 0 Å². The highest BCUT2D eigenvalue weighted by Gasteiger charge is 2.25. The Balaban J connectivity index is 3.23. The maximum atomic E-state index is 11.7. The Kier molecular flexibility index (Phi) is 5.74. The van der Waals surface area contributed by atoms with Gasteiger partial charge in [0.25, 0.3) is 0 Å². The minimum atomic E-state index is -4.04. The average molecular weight is 228 g/mol. The van der Waals surface area contributed by atoms with Crippen molar-refractivity contribution in [2.75, 3.05) is 13.2 Å². The molecular formula is C9H19F3OSi. The lowest BCUT2D eigenvalue weighted by Crippen LogP contribution is -2.21. The zero-order valence-corrected chi connectivity index (χ0v) is 10.1. The molecule has 0 aromatic heterocycles. The van der Waals surface area contributed by atoms with Crippen molar-refractivity contribution in [3.8, 4) is 0 Å². The van der Waals surface area contributed by atoms with Gasteiger partial charge < -0.3 is 4.74 Å². The van der Waals surface area contributed by atoms with E-state index in [1.165, 1.54) is 0 Å². The fourth-order valence-electron chi connectivity index (χ4n) is 0.855. The molecule has 0 aliphatic rings. The first kappa shape index (κ1) is 14.0. The summed E-state index contributed by atoms with van der Waals surface area (Å²) in [5.74, 6) is 0. The van der Waals surface area contributed by atoms with Gasteiger partial charge in [0.05, 0.1) is 0 Å². The van der Waals surface area contributed by atoms with Crippen LogP contribution in [0.15, 0.2) is 0 Å². The van der Waals surface area contributed by atoms with Crippen LogP contribution in [0.25, 0.3) is 0 Å². The minimum Gasteiger partial charge on any atom is -0.382 e. The average Bonchev–Trinajstić information content (AvgIpc) is 1.92. The van der Waals surface area contributed by atoms with Crippen molar-refractivity contribution in [3.05, 3.63) is 0 Å². The zero-order chi connectivity index (χ0) is 11.2. The quantitative estimate of drug-likeness (QED) is 0.497. The van der Waals surface area contributed by atoms with Crippen LogP contribution in [0, 0.1) is 0 Å². The Labute approximate surface area is 84.6 Å². The molecule has 14 heavy (non-hydrogen) atoms. The fraction of sp³-hybridized carbons (Fsp3) is 1.00. The summed E-state index contributed by atoms with van der Waals surface area (Å²) in [6.07, 6.45) is -4.70.